The summed E-state index contributed by atoms with van der Waals surface area (Å²) in [4.78, 5) is 20.8. The second kappa shape index (κ2) is 8.64. The molecule has 1 amide bonds. The Hall–Kier alpha value is -1.89. The lowest BCUT2D eigenvalue weighted by atomic mass is 10.2. The van der Waals surface area contributed by atoms with Crippen molar-refractivity contribution >= 4 is 44.4 Å². The third-order valence-electron chi connectivity index (χ3n) is 4.86. The number of anilines is 1. The van der Waals surface area contributed by atoms with Crippen molar-refractivity contribution in [3.05, 3.63) is 53.6 Å². The van der Waals surface area contributed by atoms with E-state index in [-0.39, 0.29) is 12.0 Å². The van der Waals surface area contributed by atoms with Gasteiger partial charge in [0, 0.05) is 11.5 Å². The van der Waals surface area contributed by atoms with Crippen molar-refractivity contribution in [2.45, 2.75) is 37.7 Å². The number of nitrogens with zero attached hydrogens (tertiary/aromatic N) is 2. The number of carbonyl (C=O) groups excluding carboxylic acids is 1. The van der Waals surface area contributed by atoms with Crippen LogP contribution in [-0.4, -0.2) is 35.9 Å². The molecule has 1 atom stereocenters. The molecule has 1 unspecified atom stereocenters. The maximum atomic E-state index is 13.1. The Bertz CT molecular complexity index is 962. The molecule has 4 nitrogen and oxygen atoms in total. The Kier molecular flexibility index (Phi) is 5.99. The first-order valence-corrected chi connectivity index (χ1v) is 11.4. The van der Waals surface area contributed by atoms with Gasteiger partial charge in [-0.1, -0.05) is 35.1 Å². The number of amides is 1. The summed E-state index contributed by atoms with van der Waals surface area (Å²) < 4.78 is 6.92. The first-order chi connectivity index (χ1) is 13.6. The van der Waals surface area contributed by atoms with Crippen molar-refractivity contribution in [1.29, 1.82) is 0 Å². The van der Waals surface area contributed by atoms with E-state index in [4.69, 9.17) is 9.72 Å². The number of thioether (sulfide) groups is 1. The SMILES string of the molecule is Cc1ccc(SCC(=O)N(CC2CCCO2)c2nc3ccc(C)cc3s2)cc1. The molecule has 28 heavy (non-hydrogen) atoms. The van der Waals surface area contributed by atoms with Gasteiger partial charge in [0.15, 0.2) is 5.13 Å². The summed E-state index contributed by atoms with van der Waals surface area (Å²) in [5, 5.41) is 0.769. The smallest absolute Gasteiger partial charge is 0.239 e. The molecule has 0 saturated carbocycles. The van der Waals surface area contributed by atoms with Crippen LogP contribution in [0.2, 0.25) is 0 Å². The summed E-state index contributed by atoms with van der Waals surface area (Å²) in [7, 11) is 0. The molecular formula is C22H24N2O2S2. The lowest BCUT2D eigenvalue weighted by Gasteiger charge is -2.23. The average Bonchev–Trinajstić information content (AvgIpc) is 3.34. The van der Waals surface area contributed by atoms with E-state index in [9.17, 15) is 4.79 Å². The molecule has 6 heteroatoms. The highest BCUT2D eigenvalue weighted by Gasteiger charge is 2.26. The summed E-state index contributed by atoms with van der Waals surface area (Å²) in [5.74, 6) is 0.474. The van der Waals surface area contributed by atoms with Gasteiger partial charge in [-0.3, -0.25) is 9.69 Å². The van der Waals surface area contributed by atoms with Gasteiger partial charge in [0.05, 0.1) is 28.6 Å². The first-order valence-electron chi connectivity index (χ1n) is 9.57. The second-order valence-electron chi connectivity index (χ2n) is 7.21. The van der Waals surface area contributed by atoms with Gasteiger partial charge < -0.3 is 4.74 Å². The summed E-state index contributed by atoms with van der Waals surface area (Å²) >= 11 is 3.16. The molecule has 4 rings (SSSR count). The van der Waals surface area contributed by atoms with Gasteiger partial charge in [-0.15, -0.1) is 11.8 Å². The highest BCUT2D eigenvalue weighted by molar-refractivity contribution is 8.00. The second-order valence-corrected chi connectivity index (χ2v) is 9.27. The van der Waals surface area contributed by atoms with E-state index in [0.717, 1.165) is 39.7 Å². The van der Waals surface area contributed by atoms with Crippen LogP contribution in [0.3, 0.4) is 0 Å². The lowest BCUT2D eigenvalue weighted by Crippen LogP contribution is -2.38. The molecule has 0 spiro atoms. The molecule has 1 fully saturated rings. The summed E-state index contributed by atoms with van der Waals surface area (Å²) in [6, 6.07) is 14.5. The minimum absolute atomic E-state index is 0.0804. The molecule has 1 aliphatic rings. The fraction of sp³-hybridized carbons (Fsp3) is 0.364. The molecule has 0 aliphatic carbocycles. The Morgan fingerprint density at radius 1 is 1.21 bits per heavy atom. The third-order valence-corrected chi connectivity index (χ3v) is 6.90. The van der Waals surface area contributed by atoms with Crippen LogP contribution in [0.5, 0.6) is 0 Å². The predicted octanol–water partition coefficient (Wildman–Crippen LogP) is 5.22. The molecule has 1 saturated heterocycles. The van der Waals surface area contributed by atoms with Crippen LogP contribution in [0, 0.1) is 13.8 Å². The van der Waals surface area contributed by atoms with Gasteiger partial charge in [-0.05, 0) is 56.5 Å². The van der Waals surface area contributed by atoms with Crippen molar-refractivity contribution < 1.29 is 9.53 Å². The van der Waals surface area contributed by atoms with Crippen LogP contribution in [0.15, 0.2) is 47.4 Å². The van der Waals surface area contributed by atoms with Gasteiger partial charge in [-0.2, -0.15) is 0 Å². The van der Waals surface area contributed by atoms with E-state index in [1.807, 2.05) is 11.0 Å². The van der Waals surface area contributed by atoms with Crippen LogP contribution in [-0.2, 0) is 9.53 Å². The number of aromatic nitrogens is 1. The number of benzene rings is 2. The summed E-state index contributed by atoms with van der Waals surface area (Å²) in [6.45, 7) is 5.50. The van der Waals surface area contributed by atoms with Crippen molar-refractivity contribution in [1.82, 2.24) is 4.98 Å². The Balaban J connectivity index is 1.54. The quantitative estimate of drug-likeness (QED) is 0.521. The Morgan fingerprint density at radius 3 is 2.75 bits per heavy atom. The standard InChI is InChI=1S/C22H24N2O2S2/c1-15-5-8-18(9-6-15)27-14-21(25)24(13-17-4-3-11-26-17)22-23-19-10-7-16(2)12-20(19)28-22/h5-10,12,17H,3-4,11,13-14H2,1-2H3. The van der Waals surface area contributed by atoms with Gasteiger partial charge in [-0.25, -0.2) is 4.98 Å². The van der Waals surface area contributed by atoms with Crippen molar-refractivity contribution in [3.8, 4) is 0 Å². The van der Waals surface area contributed by atoms with Crippen molar-refractivity contribution in [2.75, 3.05) is 23.8 Å². The normalized spacial score (nSPS) is 16.6. The lowest BCUT2D eigenvalue weighted by molar-refractivity contribution is -0.116. The molecular weight excluding hydrogens is 388 g/mol. The van der Waals surface area contributed by atoms with E-state index in [1.54, 1.807) is 23.1 Å². The first kappa shape index (κ1) is 19.4. The molecule has 2 heterocycles. The molecule has 2 aromatic carbocycles. The summed E-state index contributed by atoms with van der Waals surface area (Å²) in [6.07, 6.45) is 2.16. The molecule has 3 aromatic rings. The number of hydrogen-bond acceptors (Lipinski definition) is 5. The maximum absolute atomic E-state index is 13.1. The highest BCUT2D eigenvalue weighted by Crippen LogP contribution is 2.31. The zero-order chi connectivity index (χ0) is 19.5. The van der Waals surface area contributed by atoms with Gasteiger partial charge in [0.2, 0.25) is 5.91 Å². The van der Waals surface area contributed by atoms with E-state index in [0.29, 0.717) is 12.3 Å². The van der Waals surface area contributed by atoms with Crippen molar-refractivity contribution in [3.63, 3.8) is 0 Å². The number of rotatable bonds is 6. The Morgan fingerprint density at radius 2 is 2.00 bits per heavy atom. The van der Waals surface area contributed by atoms with Crippen LogP contribution >= 0.6 is 23.1 Å². The van der Waals surface area contributed by atoms with Crippen LogP contribution in [0.1, 0.15) is 24.0 Å². The fourth-order valence-corrected chi connectivity index (χ4v) is 5.14. The fourth-order valence-electron chi connectivity index (χ4n) is 3.27. The number of aryl methyl sites for hydroxylation is 2. The number of thiazole rings is 1. The van der Waals surface area contributed by atoms with Gasteiger partial charge >= 0.3 is 0 Å². The number of ether oxygens (including phenoxy) is 1. The van der Waals surface area contributed by atoms with E-state index in [2.05, 4.69) is 50.2 Å². The highest BCUT2D eigenvalue weighted by atomic mass is 32.2. The maximum Gasteiger partial charge on any atom is 0.239 e. The molecule has 1 aromatic heterocycles. The zero-order valence-corrected chi connectivity index (χ0v) is 17.8. The van der Waals surface area contributed by atoms with Crippen LogP contribution < -0.4 is 4.90 Å². The number of hydrogen-bond donors (Lipinski definition) is 0. The average molecular weight is 413 g/mol. The van der Waals surface area contributed by atoms with E-state index >= 15 is 0 Å². The topological polar surface area (TPSA) is 42.4 Å². The van der Waals surface area contributed by atoms with Gasteiger partial charge in [0.1, 0.15) is 0 Å². The number of carbonyl (C=O) groups is 1. The molecule has 1 aliphatic heterocycles. The molecule has 0 N–H and O–H groups in total. The minimum Gasteiger partial charge on any atom is -0.376 e. The van der Waals surface area contributed by atoms with E-state index < -0.39 is 0 Å². The monoisotopic (exact) mass is 412 g/mol. The molecule has 0 radical (unpaired) electrons. The molecule has 146 valence electrons. The predicted molar refractivity (Wildman–Crippen MR) is 118 cm³/mol. The third kappa shape index (κ3) is 4.57. The van der Waals surface area contributed by atoms with Crippen LogP contribution in [0.4, 0.5) is 5.13 Å². The largest absolute Gasteiger partial charge is 0.376 e. The minimum atomic E-state index is 0.0804. The van der Waals surface area contributed by atoms with Gasteiger partial charge in [0.25, 0.3) is 0 Å². The number of fused-ring (bicyclic) bond motifs is 1. The van der Waals surface area contributed by atoms with Crippen molar-refractivity contribution in [2.24, 2.45) is 0 Å². The van der Waals surface area contributed by atoms with E-state index in [1.165, 1.54) is 11.1 Å². The summed E-state index contributed by atoms with van der Waals surface area (Å²) in [5.41, 5.74) is 3.37. The zero-order valence-electron chi connectivity index (χ0n) is 16.2. The Labute approximate surface area is 173 Å². The van der Waals surface area contributed by atoms with Crippen LogP contribution in [0.25, 0.3) is 10.2 Å². The molecule has 0 bridgehead atoms.